The highest BCUT2D eigenvalue weighted by Gasteiger charge is 2.15. The Hall–Kier alpha value is -2.83. The van der Waals surface area contributed by atoms with Gasteiger partial charge in [-0.15, -0.1) is 0 Å². The van der Waals surface area contributed by atoms with Crippen molar-refractivity contribution in [1.82, 2.24) is 9.97 Å². The van der Waals surface area contributed by atoms with Crippen LogP contribution in [0.1, 0.15) is 11.4 Å². The summed E-state index contributed by atoms with van der Waals surface area (Å²) in [7, 11) is 0. The third-order valence-electron chi connectivity index (χ3n) is 2.66. The molecule has 102 valence electrons. The number of nitrogens with zero attached hydrogens (tertiary/aromatic N) is 2. The van der Waals surface area contributed by atoms with Gasteiger partial charge >= 0.3 is 6.01 Å². The third-order valence-corrected chi connectivity index (χ3v) is 2.66. The number of ether oxygens (including phenoxy) is 3. The lowest BCUT2D eigenvalue weighted by Crippen LogP contribution is -2.14. The van der Waals surface area contributed by atoms with Crippen LogP contribution in [-0.2, 0) is 0 Å². The van der Waals surface area contributed by atoms with Crippen molar-refractivity contribution in [3.05, 3.63) is 35.7 Å². The largest absolute Gasteiger partial charge is 0.454 e. The minimum absolute atomic E-state index is 0.133. The van der Waals surface area contributed by atoms with E-state index in [4.69, 9.17) is 25.4 Å². The third kappa shape index (κ3) is 2.33. The lowest BCUT2D eigenvalue weighted by molar-refractivity contribution is 0.174. The van der Waals surface area contributed by atoms with Gasteiger partial charge in [0.15, 0.2) is 11.5 Å². The number of hydrogen-bond acceptors (Lipinski definition) is 6. The lowest BCUT2D eigenvalue weighted by Gasteiger charge is -2.07. The van der Waals surface area contributed by atoms with Crippen LogP contribution in [0.3, 0.4) is 0 Å². The van der Waals surface area contributed by atoms with E-state index >= 15 is 0 Å². The van der Waals surface area contributed by atoms with Crippen LogP contribution in [0, 0.1) is 12.3 Å². The van der Waals surface area contributed by atoms with Crippen LogP contribution >= 0.6 is 0 Å². The van der Waals surface area contributed by atoms with E-state index in [1.165, 1.54) is 0 Å². The van der Waals surface area contributed by atoms with Crippen LogP contribution in [-0.4, -0.2) is 22.6 Å². The van der Waals surface area contributed by atoms with E-state index in [0.29, 0.717) is 28.6 Å². The number of benzene rings is 1. The lowest BCUT2D eigenvalue weighted by atomic mass is 10.3. The Kier molecular flexibility index (Phi) is 2.86. The molecule has 1 aliphatic heterocycles. The van der Waals surface area contributed by atoms with Gasteiger partial charge in [0.25, 0.3) is 0 Å². The average Bonchev–Trinajstić information content (AvgIpc) is 2.85. The number of hydrogen-bond donors (Lipinski definition) is 2. The van der Waals surface area contributed by atoms with Crippen LogP contribution in [0.5, 0.6) is 23.3 Å². The number of nitrogens with two attached hydrogens (primary N) is 1. The normalized spacial score (nSPS) is 12.2. The van der Waals surface area contributed by atoms with E-state index in [2.05, 4.69) is 9.97 Å². The molecule has 3 N–H and O–H groups in total. The summed E-state index contributed by atoms with van der Waals surface area (Å²) in [6.07, 6.45) is 0. The molecule has 3 rings (SSSR count). The molecule has 0 unspecified atom stereocenters. The first-order chi connectivity index (χ1) is 9.61. The first-order valence-electron chi connectivity index (χ1n) is 5.89. The zero-order chi connectivity index (χ0) is 14.1. The molecule has 2 heterocycles. The van der Waals surface area contributed by atoms with Crippen molar-refractivity contribution in [1.29, 1.82) is 5.41 Å². The number of rotatable bonds is 3. The summed E-state index contributed by atoms with van der Waals surface area (Å²) in [5.74, 6) is 1.68. The molecular formula is C13H12N4O3. The summed E-state index contributed by atoms with van der Waals surface area (Å²) in [5, 5.41) is 7.40. The molecule has 1 aliphatic rings. The molecule has 0 saturated carbocycles. The number of aromatic nitrogens is 2. The molecule has 0 atom stereocenters. The Morgan fingerprint density at radius 1 is 1.25 bits per heavy atom. The molecule has 0 saturated heterocycles. The van der Waals surface area contributed by atoms with E-state index in [9.17, 15) is 0 Å². The molecule has 0 radical (unpaired) electrons. The van der Waals surface area contributed by atoms with Crippen LogP contribution in [0.4, 0.5) is 0 Å². The van der Waals surface area contributed by atoms with E-state index in [1.54, 1.807) is 31.2 Å². The standard InChI is InChI=1S/C13H12N4O3/c1-7-4-9(12(14)15)17-13(16-7)20-8-2-3-10-11(5-8)19-6-18-10/h2-5H,6H2,1H3,(H3,14,15). The van der Waals surface area contributed by atoms with Gasteiger partial charge in [0.1, 0.15) is 17.3 Å². The topological polar surface area (TPSA) is 103 Å². The highest BCUT2D eigenvalue weighted by atomic mass is 16.7. The fourth-order valence-corrected chi connectivity index (χ4v) is 1.77. The number of aryl methyl sites for hydroxylation is 1. The Morgan fingerprint density at radius 3 is 2.85 bits per heavy atom. The monoisotopic (exact) mass is 272 g/mol. The molecule has 0 bridgehead atoms. The molecule has 7 heteroatoms. The number of amidine groups is 1. The van der Waals surface area contributed by atoms with Crippen molar-refractivity contribution in [2.45, 2.75) is 6.92 Å². The molecule has 1 aromatic heterocycles. The predicted octanol–water partition coefficient (Wildman–Crippen LogP) is 1.59. The molecule has 0 fully saturated rings. The van der Waals surface area contributed by atoms with E-state index in [0.717, 1.165) is 0 Å². The Morgan fingerprint density at radius 2 is 2.05 bits per heavy atom. The second-order valence-corrected chi connectivity index (χ2v) is 4.21. The maximum Gasteiger partial charge on any atom is 0.322 e. The summed E-state index contributed by atoms with van der Waals surface area (Å²) in [5.41, 5.74) is 6.41. The van der Waals surface area contributed by atoms with Crippen molar-refractivity contribution >= 4 is 5.84 Å². The van der Waals surface area contributed by atoms with Gasteiger partial charge in [-0.1, -0.05) is 0 Å². The predicted molar refractivity (Wildman–Crippen MR) is 70.4 cm³/mol. The Balaban J connectivity index is 1.89. The SMILES string of the molecule is Cc1cc(C(=N)N)nc(Oc2ccc3c(c2)OCO3)n1. The smallest absolute Gasteiger partial charge is 0.322 e. The fraction of sp³-hybridized carbons (Fsp3) is 0.154. The number of nitrogens with one attached hydrogen (secondary N) is 1. The van der Waals surface area contributed by atoms with Gasteiger partial charge in [-0.3, -0.25) is 5.41 Å². The zero-order valence-corrected chi connectivity index (χ0v) is 10.7. The van der Waals surface area contributed by atoms with Gasteiger partial charge in [0.05, 0.1) is 0 Å². The quantitative estimate of drug-likeness (QED) is 0.649. The summed E-state index contributed by atoms with van der Waals surface area (Å²) < 4.78 is 16.1. The van der Waals surface area contributed by atoms with Crippen molar-refractivity contribution in [2.75, 3.05) is 6.79 Å². The highest BCUT2D eigenvalue weighted by molar-refractivity contribution is 5.93. The highest BCUT2D eigenvalue weighted by Crippen LogP contribution is 2.36. The summed E-state index contributed by atoms with van der Waals surface area (Å²) in [6.45, 7) is 1.98. The number of fused-ring (bicyclic) bond motifs is 1. The van der Waals surface area contributed by atoms with Crippen LogP contribution in [0.25, 0.3) is 0 Å². The van der Waals surface area contributed by atoms with Crippen molar-refractivity contribution in [2.24, 2.45) is 5.73 Å². The summed E-state index contributed by atoms with van der Waals surface area (Å²) in [4.78, 5) is 8.21. The minimum atomic E-state index is -0.133. The van der Waals surface area contributed by atoms with Crippen LogP contribution < -0.4 is 19.9 Å². The maximum atomic E-state index is 7.40. The minimum Gasteiger partial charge on any atom is -0.454 e. The maximum absolute atomic E-state index is 7.40. The summed E-state index contributed by atoms with van der Waals surface area (Å²) in [6, 6.07) is 6.93. The van der Waals surface area contributed by atoms with E-state index < -0.39 is 0 Å². The molecular weight excluding hydrogens is 260 g/mol. The first-order valence-corrected chi connectivity index (χ1v) is 5.89. The summed E-state index contributed by atoms with van der Waals surface area (Å²) >= 11 is 0. The van der Waals surface area contributed by atoms with Gasteiger partial charge < -0.3 is 19.9 Å². The van der Waals surface area contributed by atoms with Gasteiger partial charge in [-0.2, -0.15) is 4.98 Å². The fourth-order valence-electron chi connectivity index (χ4n) is 1.77. The van der Waals surface area contributed by atoms with Crippen LogP contribution in [0.15, 0.2) is 24.3 Å². The van der Waals surface area contributed by atoms with E-state index in [-0.39, 0.29) is 18.6 Å². The zero-order valence-electron chi connectivity index (χ0n) is 10.7. The molecule has 7 nitrogen and oxygen atoms in total. The second-order valence-electron chi connectivity index (χ2n) is 4.21. The Bertz CT molecular complexity index is 687. The second kappa shape index (κ2) is 4.69. The Labute approximate surface area is 114 Å². The van der Waals surface area contributed by atoms with Gasteiger partial charge in [0.2, 0.25) is 6.79 Å². The van der Waals surface area contributed by atoms with Crippen molar-refractivity contribution in [3.8, 4) is 23.3 Å². The molecule has 0 spiro atoms. The van der Waals surface area contributed by atoms with Crippen molar-refractivity contribution < 1.29 is 14.2 Å². The molecule has 1 aromatic carbocycles. The molecule has 20 heavy (non-hydrogen) atoms. The van der Waals surface area contributed by atoms with Gasteiger partial charge in [-0.05, 0) is 25.1 Å². The molecule has 2 aromatic rings. The van der Waals surface area contributed by atoms with Gasteiger partial charge in [0, 0.05) is 11.8 Å². The molecule has 0 aliphatic carbocycles. The number of nitrogen functional groups attached to an aromatic ring is 1. The van der Waals surface area contributed by atoms with E-state index in [1.807, 2.05) is 0 Å². The van der Waals surface area contributed by atoms with Crippen LogP contribution in [0.2, 0.25) is 0 Å². The van der Waals surface area contributed by atoms with Gasteiger partial charge in [-0.25, -0.2) is 4.98 Å². The van der Waals surface area contributed by atoms with Crippen molar-refractivity contribution in [3.63, 3.8) is 0 Å². The molecule has 0 amide bonds. The first kappa shape index (κ1) is 12.2. The average molecular weight is 272 g/mol.